The first-order valence-corrected chi connectivity index (χ1v) is 10.3. The molecule has 3 aromatic rings. The van der Waals surface area contributed by atoms with E-state index in [4.69, 9.17) is 23.2 Å². The summed E-state index contributed by atoms with van der Waals surface area (Å²) in [6.45, 7) is 4.24. The molecule has 1 unspecified atom stereocenters. The van der Waals surface area contributed by atoms with Crippen LogP contribution >= 0.6 is 35.0 Å². The zero-order valence-corrected chi connectivity index (χ0v) is 16.9. The Morgan fingerprint density at radius 1 is 1.08 bits per heavy atom. The summed E-state index contributed by atoms with van der Waals surface area (Å²) in [5.41, 5.74) is 4.62. The van der Waals surface area contributed by atoms with Crippen molar-refractivity contribution in [3.8, 4) is 17.1 Å². The number of nitrogens with zero attached hydrogens (tertiary/aromatic N) is 3. The van der Waals surface area contributed by atoms with Gasteiger partial charge >= 0.3 is 0 Å². The molecule has 0 N–H and O–H groups in total. The van der Waals surface area contributed by atoms with Crippen LogP contribution in [0, 0.1) is 19.8 Å². The van der Waals surface area contributed by atoms with Crippen LogP contribution in [0.2, 0.25) is 0 Å². The molecule has 0 saturated heterocycles. The Hall–Kier alpha value is -1.49. The monoisotopic (exact) mass is 403 g/mol. The van der Waals surface area contributed by atoms with Crippen LogP contribution in [0.4, 0.5) is 0 Å². The Morgan fingerprint density at radius 2 is 1.81 bits per heavy atom. The summed E-state index contributed by atoms with van der Waals surface area (Å²) in [6, 6.07) is 16.6. The number of aryl methyl sites for hydroxylation is 2. The molecule has 0 amide bonds. The average Bonchev–Trinajstić information content (AvgIpc) is 3.04. The van der Waals surface area contributed by atoms with Crippen LogP contribution < -0.4 is 0 Å². The molecule has 0 bridgehead atoms. The maximum absolute atomic E-state index is 6.18. The van der Waals surface area contributed by atoms with Gasteiger partial charge in [-0.2, -0.15) is 0 Å². The predicted molar refractivity (Wildman–Crippen MR) is 110 cm³/mol. The molecule has 1 atom stereocenters. The Morgan fingerprint density at radius 3 is 2.46 bits per heavy atom. The number of aromatic nitrogens is 3. The fourth-order valence-electron chi connectivity index (χ4n) is 2.86. The number of rotatable bonds is 5. The average molecular weight is 404 g/mol. The molecule has 2 aromatic carbocycles. The van der Waals surface area contributed by atoms with E-state index in [0.29, 0.717) is 5.92 Å². The van der Waals surface area contributed by atoms with Crippen molar-refractivity contribution in [2.75, 3.05) is 5.75 Å². The molecular formula is C20H19Cl2N3S. The molecule has 1 aromatic heterocycles. The first-order chi connectivity index (χ1) is 12.5. The first kappa shape index (κ1) is 17.9. The topological polar surface area (TPSA) is 30.7 Å². The van der Waals surface area contributed by atoms with Gasteiger partial charge in [-0.05, 0) is 43.5 Å². The highest BCUT2D eigenvalue weighted by Crippen LogP contribution is 2.54. The Bertz CT molecular complexity index is 937. The molecule has 1 saturated carbocycles. The largest absolute Gasteiger partial charge is 0.270 e. The van der Waals surface area contributed by atoms with E-state index < -0.39 is 4.33 Å². The molecular weight excluding hydrogens is 385 g/mol. The lowest BCUT2D eigenvalue weighted by Crippen LogP contribution is -2.02. The van der Waals surface area contributed by atoms with Crippen molar-refractivity contribution >= 4 is 35.0 Å². The molecule has 1 fully saturated rings. The second-order valence-corrected chi connectivity index (χ2v) is 9.28. The minimum Gasteiger partial charge on any atom is -0.270 e. The minimum absolute atomic E-state index is 0.306. The summed E-state index contributed by atoms with van der Waals surface area (Å²) in [5.74, 6) is 1.99. The van der Waals surface area contributed by atoms with Crippen molar-refractivity contribution in [1.29, 1.82) is 0 Å². The van der Waals surface area contributed by atoms with Gasteiger partial charge < -0.3 is 0 Å². The smallest absolute Gasteiger partial charge is 0.196 e. The van der Waals surface area contributed by atoms with Crippen molar-refractivity contribution in [1.82, 2.24) is 14.8 Å². The van der Waals surface area contributed by atoms with Gasteiger partial charge in [0.05, 0.1) is 5.69 Å². The first-order valence-electron chi connectivity index (χ1n) is 8.55. The van der Waals surface area contributed by atoms with Crippen molar-refractivity contribution < 1.29 is 0 Å². The van der Waals surface area contributed by atoms with E-state index in [1.165, 1.54) is 11.1 Å². The van der Waals surface area contributed by atoms with E-state index in [1.54, 1.807) is 11.8 Å². The van der Waals surface area contributed by atoms with Gasteiger partial charge in [0.1, 0.15) is 4.33 Å². The molecule has 3 nitrogen and oxygen atoms in total. The summed E-state index contributed by atoms with van der Waals surface area (Å²) >= 11 is 14.0. The number of halogens is 2. The van der Waals surface area contributed by atoms with Crippen LogP contribution in [0.25, 0.3) is 17.1 Å². The maximum atomic E-state index is 6.18. The van der Waals surface area contributed by atoms with Crippen LogP contribution in [0.1, 0.15) is 17.5 Å². The Balaban J connectivity index is 1.74. The van der Waals surface area contributed by atoms with Crippen molar-refractivity contribution in [3.05, 3.63) is 59.7 Å². The number of benzene rings is 2. The van der Waals surface area contributed by atoms with Gasteiger partial charge in [0.2, 0.25) is 0 Å². The number of hydrogen-bond acceptors (Lipinski definition) is 3. The highest BCUT2D eigenvalue weighted by Gasteiger charge is 2.51. The van der Waals surface area contributed by atoms with E-state index in [9.17, 15) is 0 Å². The van der Waals surface area contributed by atoms with Gasteiger partial charge in [0.25, 0.3) is 0 Å². The molecule has 0 aliphatic heterocycles. The van der Waals surface area contributed by atoms with Crippen LogP contribution in [-0.2, 0) is 0 Å². The van der Waals surface area contributed by atoms with Crippen LogP contribution in [0.15, 0.2) is 53.7 Å². The van der Waals surface area contributed by atoms with Gasteiger partial charge in [0.15, 0.2) is 11.0 Å². The molecule has 4 rings (SSSR count). The highest BCUT2D eigenvalue weighted by molar-refractivity contribution is 7.99. The molecule has 1 heterocycles. The zero-order chi connectivity index (χ0) is 18.3. The molecule has 0 radical (unpaired) electrons. The van der Waals surface area contributed by atoms with Crippen LogP contribution in [-0.4, -0.2) is 24.9 Å². The molecule has 6 heteroatoms. The third-order valence-corrected chi connectivity index (χ3v) is 6.80. The van der Waals surface area contributed by atoms with Crippen LogP contribution in [0.5, 0.6) is 0 Å². The lowest BCUT2D eigenvalue weighted by atomic mass is 10.1. The minimum atomic E-state index is -0.569. The summed E-state index contributed by atoms with van der Waals surface area (Å²) in [7, 11) is 0. The van der Waals surface area contributed by atoms with Gasteiger partial charge in [-0.1, -0.05) is 48.2 Å². The molecule has 1 aliphatic carbocycles. The second kappa shape index (κ2) is 6.91. The fraction of sp³-hybridized carbons (Fsp3) is 0.300. The molecule has 1 aliphatic rings. The van der Waals surface area contributed by atoms with Gasteiger partial charge in [-0.3, -0.25) is 4.57 Å². The van der Waals surface area contributed by atoms with Crippen LogP contribution in [0.3, 0.4) is 0 Å². The maximum Gasteiger partial charge on any atom is 0.196 e. The normalized spacial score (nSPS) is 18.1. The third kappa shape index (κ3) is 3.51. The fourth-order valence-corrected chi connectivity index (χ4v) is 4.74. The van der Waals surface area contributed by atoms with E-state index in [0.717, 1.165) is 34.4 Å². The molecule has 134 valence electrons. The number of hydrogen-bond donors (Lipinski definition) is 0. The molecule has 26 heavy (non-hydrogen) atoms. The standard InChI is InChI=1S/C20H19Cl2N3S/c1-13-8-9-17(10-14(13)2)25-18(15-6-4-3-5-7-15)23-24-19(25)26-12-16-11-20(16,21)22/h3-10,16H,11-12H2,1-2H3. The van der Waals surface area contributed by atoms with E-state index in [-0.39, 0.29) is 0 Å². The zero-order valence-electron chi connectivity index (χ0n) is 14.6. The third-order valence-electron chi connectivity index (χ3n) is 4.78. The van der Waals surface area contributed by atoms with Gasteiger partial charge in [0, 0.05) is 17.2 Å². The van der Waals surface area contributed by atoms with Crippen molar-refractivity contribution in [3.63, 3.8) is 0 Å². The van der Waals surface area contributed by atoms with Crippen molar-refractivity contribution in [2.45, 2.75) is 29.8 Å². The van der Waals surface area contributed by atoms with E-state index >= 15 is 0 Å². The Labute approximate surface area is 167 Å². The predicted octanol–water partition coefficient (Wildman–Crippen LogP) is 5.84. The lowest BCUT2D eigenvalue weighted by Gasteiger charge is -2.12. The van der Waals surface area contributed by atoms with E-state index in [1.807, 2.05) is 18.2 Å². The Kier molecular flexibility index (Phi) is 4.76. The lowest BCUT2D eigenvalue weighted by molar-refractivity contribution is 0.876. The summed E-state index contributed by atoms with van der Waals surface area (Å²) in [5, 5.41) is 9.80. The number of thioether (sulfide) groups is 1. The van der Waals surface area contributed by atoms with E-state index in [2.05, 4.69) is 58.9 Å². The SMILES string of the molecule is Cc1ccc(-n2c(SCC3CC3(Cl)Cl)nnc2-c2ccccc2)cc1C. The number of alkyl halides is 2. The summed E-state index contributed by atoms with van der Waals surface area (Å²) in [4.78, 5) is 0. The van der Waals surface area contributed by atoms with Gasteiger partial charge in [-0.25, -0.2) is 0 Å². The highest BCUT2D eigenvalue weighted by atomic mass is 35.5. The second-order valence-electron chi connectivity index (χ2n) is 6.75. The summed E-state index contributed by atoms with van der Waals surface area (Å²) < 4.78 is 1.56. The quantitative estimate of drug-likeness (QED) is 0.396. The molecule has 0 spiro atoms. The van der Waals surface area contributed by atoms with Gasteiger partial charge in [-0.15, -0.1) is 33.4 Å². The summed E-state index contributed by atoms with van der Waals surface area (Å²) in [6.07, 6.45) is 0.840. The van der Waals surface area contributed by atoms with Crippen molar-refractivity contribution in [2.24, 2.45) is 5.92 Å².